The van der Waals surface area contributed by atoms with Crippen LogP contribution in [0, 0.1) is 5.82 Å². The van der Waals surface area contributed by atoms with Crippen molar-refractivity contribution in [3.05, 3.63) is 48.3 Å². The third-order valence-corrected chi connectivity index (χ3v) is 7.71. The number of rotatable bonds is 6. The molecule has 0 bridgehead atoms. The Hall–Kier alpha value is -3.38. The average molecular weight is 492 g/mol. The van der Waals surface area contributed by atoms with E-state index in [1.165, 1.54) is 46.5 Å². The third-order valence-electron chi connectivity index (χ3n) is 5.79. The van der Waals surface area contributed by atoms with E-state index in [9.17, 15) is 22.4 Å². The van der Waals surface area contributed by atoms with Crippen LogP contribution in [0.25, 0.3) is 0 Å². The van der Waals surface area contributed by atoms with E-state index in [0.717, 1.165) is 0 Å². The zero-order chi connectivity index (χ0) is 24.5. The number of halogens is 1. The molecular weight excluding hydrogens is 465 g/mol. The molecule has 12 heteroatoms. The van der Waals surface area contributed by atoms with Gasteiger partial charge >= 0.3 is 6.09 Å². The second kappa shape index (κ2) is 9.47. The standard InChI is InChI=1S/C22H26FN5O5S/c1-15(29)25-13-18-14-28(22(30)33-18)17-4-7-21(20(23)12-17)26-8-10-27(11-9-26)34(31,32)19-5-2-16(24)3-6-19/h2-7,12,18H,8-11,13-14,24H2,1H3,(H,25,29)/t18-/m0/s1. The van der Waals surface area contributed by atoms with Crippen LogP contribution < -0.4 is 20.9 Å². The maximum Gasteiger partial charge on any atom is 0.414 e. The summed E-state index contributed by atoms with van der Waals surface area (Å²) in [5.74, 6) is -0.753. The summed E-state index contributed by atoms with van der Waals surface area (Å²) in [6.45, 7) is 2.79. The number of ether oxygens (including phenoxy) is 1. The fourth-order valence-corrected chi connectivity index (χ4v) is 5.40. The first kappa shape index (κ1) is 23.8. The van der Waals surface area contributed by atoms with Gasteiger partial charge in [-0.15, -0.1) is 0 Å². The van der Waals surface area contributed by atoms with Gasteiger partial charge in [0.15, 0.2) is 0 Å². The molecule has 182 valence electrons. The number of cyclic esters (lactones) is 1. The Morgan fingerprint density at radius 3 is 2.44 bits per heavy atom. The highest BCUT2D eigenvalue weighted by atomic mass is 32.2. The Kier molecular flexibility index (Phi) is 6.62. The van der Waals surface area contributed by atoms with E-state index < -0.39 is 28.0 Å². The van der Waals surface area contributed by atoms with Crippen molar-refractivity contribution in [1.82, 2.24) is 9.62 Å². The van der Waals surface area contributed by atoms with Crippen molar-refractivity contribution in [2.24, 2.45) is 0 Å². The van der Waals surface area contributed by atoms with Gasteiger partial charge in [0, 0.05) is 38.8 Å². The highest BCUT2D eigenvalue weighted by Gasteiger charge is 2.33. The normalized spacial score (nSPS) is 19.2. The van der Waals surface area contributed by atoms with E-state index in [4.69, 9.17) is 10.5 Å². The molecule has 0 saturated carbocycles. The quantitative estimate of drug-likeness (QED) is 0.585. The Morgan fingerprint density at radius 1 is 1.15 bits per heavy atom. The van der Waals surface area contributed by atoms with E-state index in [2.05, 4.69) is 5.32 Å². The lowest BCUT2D eigenvalue weighted by molar-refractivity contribution is -0.119. The average Bonchev–Trinajstić information content (AvgIpc) is 3.18. The summed E-state index contributed by atoms with van der Waals surface area (Å²) in [5, 5.41) is 2.59. The summed E-state index contributed by atoms with van der Waals surface area (Å²) in [7, 11) is -3.66. The van der Waals surface area contributed by atoms with Crippen molar-refractivity contribution >= 4 is 39.1 Å². The van der Waals surface area contributed by atoms with Gasteiger partial charge in [0.1, 0.15) is 11.9 Å². The van der Waals surface area contributed by atoms with Crippen LogP contribution >= 0.6 is 0 Å². The SMILES string of the molecule is CC(=O)NC[C@H]1CN(c2ccc(N3CCN(S(=O)(=O)c4ccc(N)cc4)CC3)c(F)c2)C(=O)O1. The van der Waals surface area contributed by atoms with Crippen molar-refractivity contribution in [3.63, 3.8) is 0 Å². The van der Waals surface area contributed by atoms with Gasteiger partial charge in [-0.3, -0.25) is 9.69 Å². The van der Waals surface area contributed by atoms with Crippen molar-refractivity contribution < 1.29 is 27.1 Å². The van der Waals surface area contributed by atoms with Gasteiger partial charge in [-0.25, -0.2) is 17.6 Å². The van der Waals surface area contributed by atoms with Crippen molar-refractivity contribution in [2.75, 3.05) is 54.8 Å². The van der Waals surface area contributed by atoms with Crippen LogP contribution in [-0.4, -0.2) is 70.1 Å². The van der Waals surface area contributed by atoms with Gasteiger partial charge in [-0.05, 0) is 42.5 Å². The van der Waals surface area contributed by atoms with Gasteiger partial charge in [0.05, 0.1) is 29.4 Å². The van der Waals surface area contributed by atoms with E-state index >= 15 is 0 Å². The number of sulfonamides is 1. The molecule has 1 atom stereocenters. The van der Waals surface area contributed by atoms with Crippen LogP contribution in [0.15, 0.2) is 47.4 Å². The topological polar surface area (TPSA) is 125 Å². The van der Waals surface area contributed by atoms with Crippen LogP contribution in [0.5, 0.6) is 0 Å². The number of amides is 2. The molecule has 2 heterocycles. The number of carbonyl (C=O) groups excluding carboxylic acids is 2. The van der Waals surface area contributed by atoms with Gasteiger partial charge in [0.2, 0.25) is 15.9 Å². The van der Waals surface area contributed by atoms with Gasteiger partial charge in [0.25, 0.3) is 0 Å². The van der Waals surface area contributed by atoms with Crippen LogP contribution in [0.1, 0.15) is 6.92 Å². The summed E-state index contributed by atoms with van der Waals surface area (Å²) in [4.78, 5) is 26.5. The first-order valence-corrected chi connectivity index (χ1v) is 12.2. The fraction of sp³-hybridized carbons (Fsp3) is 0.364. The fourth-order valence-electron chi connectivity index (χ4n) is 3.97. The van der Waals surface area contributed by atoms with Crippen LogP contribution in [0.4, 0.5) is 26.2 Å². The highest BCUT2D eigenvalue weighted by Crippen LogP contribution is 2.29. The number of benzene rings is 2. The maximum atomic E-state index is 15.0. The van der Waals surface area contributed by atoms with E-state index in [0.29, 0.717) is 30.2 Å². The van der Waals surface area contributed by atoms with Crippen molar-refractivity contribution in [3.8, 4) is 0 Å². The molecule has 2 saturated heterocycles. The Balaban J connectivity index is 1.40. The Labute approximate surface area is 197 Å². The number of hydrogen-bond donors (Lipinski definition) is 2. The van der Waals surface area contributed by atoms with Crippen LogP contribution in [0.2, 0.25) is 0 Å². The van der Waals surface area contributed by atoms with Crippen LogP contribution in [-0.2, 0) is 19.6 Å². The molecule has 2 aromatic carbocycles. The summed E-state index contributed by atoms with van der Waals surface area (Å²) < 4.78 is 47.3. The van der Waals surface area contributed by atoms with Crippen LogP contribution in [0.3, 0.4) is 0 Å². The summed E-state index contributed by atoms with van der Waals surface area (Å²) in [5.41, 5.74) is 6.80. The monoisotopic (exact) mass is 491 g/mol. The summed E-state index contributed by atoms with van der Waals surface area (Å²) >= 11 is 0. The smallest absolute Gasteiger partial charge is 0.414 e. The Bertz CT molecular complexity index is 1180. The molecule has 2 aliphatic heterocycles. The molecule has 34 heavy (non-hydrogen) atoms. The van der Waals surface area contributed by atoms with Gasteiger partial charge < -0.3 is 20.7 Å². The highest BCUT2D eigenvalue weighted by molar-refractivity contribution is 7.89. The predicted molar refractivity (Wildman–Crippen MR) is 125 cm³/mol. The molecule has 0 aromatic heterocycles. The third kappa shape index (κ3) is 4.92. The van der Waals surface area contributed by atoms with Crippen molar-refractivity contribution in [2.45, 2.75) is 17.9 Å². The summed E-state index contributed by atoms with van der Waals surface area (Å²) in [6, 6.07) is 10.5. The first-order chi connectivity index (χ1) is 16.1. The van der Waals surface area contributed by atoms with E-state index in [1.807, 2.05) is 0 Å². The molecule has 3 N–H and O–H groups in total. The van der Waals surface area contributed by atoms with E-state index in [1.54, 1.807) is 17.0 Å². The Morgan fingerprint density at radius 2 is 1.82 bits per heavy atom. The van der Waals surface area contributed by atoms with Gasteiger partial charge in [-0.2, -0.15) is 4.31 Å². The molecule has 2 aromatic rings. The number of nitrogens with zero attached hydrogens (tertiary/aromatic N) is 3. The molecule has 0 unspecified atom stereocenters. The van der Waals surface area contributed by atoms with Gasteiger partial charge in [-0.1, -0.05) is 0 Å². The zero-order valence-corrected chi connectivity index (χ0v) is 19.4. The number of carbonyl (C=O) groups is 2. The van der Waals surface area contributed by atoms with E-state index in [-0.39, 0.29) is 37.0 Å². The lowest BCUT2D eigenvalue weighted by atomic mass is 10.2. The second-order valence-corrected chi connectivity index (χ2v) is 10.1. The molecule has 0 spiro atoms. The first-order valence-electron chi connectivity index (χ1n) is 10.8. The minimum absolute atomic E-state index is 0.167. The maximum absolute atomic E-state index is 15.0. The number of nitrogens with one attached hydrogen (secondary N) is 1. The molecule has 2 aliphatic rings. The number of nitrogen functional groups attached to an aromatic ring is 1. The molecular formula is C22H26FN5O5S. The number of nitrogens with two attached hydrogens (primary N) is 1. The number of piperazine rings is 1. The molecule has 0 radical (unpaired) electrons. The minimum Gasteiger partial charge on any atom is -0.442 e. The largest absolute Gasteiger partial charge is 0.442 e. The lowest BCUT2D eigenvalue weighted by Gasteiger charge is -2.35. The molecule has 2 amide bonds. The molecule has 10 nitrogen and oxygen atoms in total. The number of anilines is 3. The number of hydrogen-bond acceptors (Lipinski definition) is 7. The lowest BCUT2D eigenvalue weighted by Crippen LogP contribution is -2.48. The molecule has 0 aliphatic carbocycles. The summed E-state index contributed by atoms with van der Waals surface area (Å²) in [6.07, 6.45) is -1.13. The minimum atomic E-state index is -3.66. The van der Waals surface area contributed by atoms with Crippen molar-refractivity contribution in [1.29, 1.82) is 0 Å². The zero-order valence-electron chi connectivity index (χ0n) is 18.6. The molecule has 4 rings (SSSR count). The second-order valence-electron chi connectivity index (χ2n) is 8.15. The molecule has 2 fully saturated rings. The predicted octanol–water partition coefficient (Wildman–Crippen LogP) is 1.38.